The molecule has 4 rings (SSSR count). The van der Waals surface area contributed by atoms with Crippen molar-refractivity contribution in [1.29, 1.82) is 0 Å². The SMILES string of the molecule is CSc1ncc(C(=O)N2CCN(CC(=O)NC3CC3)CC2)n1-c1ccc(F)cc1. The maximum Gasteiger partial charge on any atom is 0.272 e. The van der Waals surface area contributed by atoms with Gasteiger partial charge in [0.15, 0.2) is 5.16 Å². The van der Waals surface area contributed by atoms with Crippen molar-refractivity contribution in [3.05, 3.63) is 42.0 Å². The second-order valence-corrected chi connectivity index (χ2v) is 8.13. The minimum atomic E-state index is -0.325. The Morgan fingerprint density at radius 3 is 2.48 bits per heavy atom. The number of carbonyl (C=O) groups is 2. The highest BCUT2D eigenvalue weighted by atomic mass is 32.2. The Morgan fingerprint density at radius 1 is 1.17 bits per heavy atom. The van der Waals surface area contributed by atoms with Crippen LogP contribution in [0, 0.1) is 5.82 Å². The lowest BCUT2D eigenvalue weighted by Crippen LogP contribution is -2.51. The molecule has 0 unspecified atom stereocenters. The van der Waals surface area contributed by atoms with E-state index in [9.17, 15) is 14.0 Å². The number of rotatable bonds is 6. The zero-order valence-corrected chi connectivity index (χ0v) is 17.1. The highest BCUT2D eigenvalue weighted by Gasteiger charge is 2.28. The van der Waals surface area contributed by atoms with Gasteiger partial charge in [0.25, 0.3) is 5.91 Å². The first kappa shape index (κ1) is 19.9. The lowest BCUT2D eigenvalue weighted by Gasteiger charge is -2.34. The lowest BCUT2D eigenvalue weighted by molar-refractivity contribution is -0.122. The maximum atomic E-state index is 13.3. The normalized spacial score (nSPS) is 17.4. The van der Waals surface area contributed by atoms with E-state index in [-0.39, 0.29) is 17.6 Å². The van der Waals surface area contributed by atoms with E-state index in [0.29, 0.717) is 55.3 Å². The number of hydrogen-bond acceptors (Lipinski definition) is 5. The Morgan fingerprint density at radius 2 is 1.86 bits per heavy atom. The first-order valence-corrected chi connectivity index (χ1v) is 11.0. The second kappa shape index (κ2) is 8.54. The van der Waals surface area contributed by atoms with E-state index in [1.165, 1.54) is 23.9 Å². The third-order valence-corrected chi connectivity index (χ3v) is 5.84. The number of amides is 2. The Labute approximate surface area is 173 Å². The van der Waals surface area contributed by atoms with Gasteiger partial charge >= 0.3 is 0 Å². The average molecular weight is 418 g/mol. The molecule has 2 aliphatic rings. The molecule has 0 radical (unpaired) electrons. The van der Waals surface area contributed by atoms with Gasteiger partial charge in [-0.05, 0) is 43.4 Å². The summed E-state index contributed by atoms with van der Waals surface area (Å²) in [7, 11) is 0. The number of halogens is 1. The van der Waals surface area contributed by atoms with E-state index in [2.05, 4.69) is 15.2 Å². The van der Waals surface area contributed by atoms with Crippen molar-refractivity contribution in [1.82, 2.24) is 24.7 Å². The second-order valence-electron chi connectivity index (χ2n) is 7.35. The lowest BCUT2D eigenvalue weighted by atomic mass is 10.2. The van der Waals surface area contributed by atoms with Crippen LogP contribution in [0.15, 0.2) is 35.6 Å². The summed E-state index contributed by atoms with van der Waals surface area (Å²) in [6, 6.07) is 6.40. The first-order valence-electron chi connectivity index (χ1n) is 9.74. The van der Waals surface area contributed by atoms with E-state index < -0.39 is 0 Å². The summed E-state index contributed by atoms with van der Waals surface area (Å²) >= 11 is 1.43. The molecule has 29 heavy (non-hydrogen) atoms. The van der Waals surface area contributed by atoms with E-state index in [1.54, 1.807) is 27.8 Å². The highest BCUT2D eigenvalue weighted by Crippen LogP contribution is 2.23. The zero-order chi connectivity index (χ0) is 20.4. The Kier molecular flexibility index (Phi) is 5.86. The third-order valence-electron chi connectivity index (χ3n) is 5.19. The van der Waals surface area contributed by atoms with Crippen molar-refractivity contribution in [2.75, 3.05) is 39.0 Å². The molecular weight excluding hydrogens is 393 g/mol. The molecule has 1 N–H and O–H groups in total. The molecule has 2 fully saturated rings. The van der Waals surface area contributed by atoms with Gasteiger partial charge in [0.05, 0.1) is 12.7 Å². The van der Waals surface area contributed by atoms with Crippen molar-refractivity contribution in [3.63, 3.8) is 0 Å². The Bertz CT molecular complexity index is 889. The van der Waals surface area contributed by atoms with Crippen molar-refractivity contribution in [2.45, 2.75) is 24.0 Å². The van der Waals surface area contributed by atoms with E-state index in [1.807, 2.05) is 6.26 Å². The molecule has 2 aromatic rings. The molecule has 2 heterocycles. The largest absolute Gasteiger partial charge is 0.352 e. The summed E-state index contributed by atoms with van der Waals surface area (Å²) in [6.45, 7) is 2.80. The highest BCUT2D eigenvalue weighted by molar-refractivity contribution is 7.98. The van der Waals surface area contributed by atoms with Crippen LogP contribution in [-0.4, -0.2) is 76.2 Å². The average Bonchev–Trinajstić information content (AvgIpc) is 3.43. The van der Waals surface area contributed by atoms with Crippen molar-refractivity contribution >= 4 is 23.6 Å². The van der Waals surface area contributed by atoms with E-state index >= 15 is 0 Å². The van der Waals surface area contributed by atoms with Gasteiger partial charge in [-0.1, -0.05) is 11.8 Å². The number of nitrogens with one attached hydrogen (secondary N) is 1. The molecule has 0 bridgehead atoms. The molecule has 9 heteroatoms. The van der Waals surface area contributed by atoms with Crippen LogP contribution in [0.5, 0.6) is 0 Å². The standard InChI is InChI=1S/C20H24FN5O2S/c1-29-20-22-12-17(26(20)16-6-2-14(21)3-7-16)19(28)25-10-8-24(9-11-25)13-18(27)23-15-4-5-15/h2-3,6-7,12,15H,4-5,8-11,13H2,1H3,(H,23,27). The molecule has 1 aliphatic carbocycles. The molecule has 0 spiro atoms. The molecular formula is C20H24FN5O2S. The van der Waals surface area contributed by atoms with Gasteiger partial charge in [-0.15, -0.1) is 0 Å². The van der Waals surface area contributed by atoms with Crippen LogP contribution < -0.4 is 5.32 Å². The number of hydrogen-bond donors (Lipinski definition) is 1. The minimum Gasteiger partial charge on any atom is -0.352 e. The van der Waals surface area contributed by atoms with Gasteiger partial charge in [0, 0.05) is 37.9 Å². The Hall–Kier alpha value is -2.39. The molecule has 1 aromatic carbocycles. The molecule has 1 aromatic heterocycles. The molecule has 7 nitrogen and oxygen atoms in total. The molecule has 1 saturated carbocycles. The van der Waals surface area contributed by atoms with Gasteiger partial charge < -0.3 is 10.2 Å². The molecule has 2 amide bonds. The Balaban J connectivity index is 1.43. The number of imidazole rings is 1. The summed E-state index contributed by atoms with van der Waals surface area (Å²) in [5.41, 5.74) is 1.16. The van der Waals surface area contributed by atoms with Gasteiger partial charge in [0.2, 0.25) is 5.91 Å². The zero-order valence-electron chi connectivity index (χ0n) is 16.3. The van der Waals surface area contributed by atoms with Crippen LogP contribution in [0.3, 0.4) is 0 Å². The van der Waals surface area contributed by atoms with E-state index in [0.717, 1.165) is 12.8 Å². The van der Waals surface area contributed by atoms with Gasteiger partial charge in [-0.2, -0.15) is 0 Å². The van der Waals surface area contributed by atoms with Crippen LogP contribution in [0.4, 0.5) is 4.39 Å². The molecule has 1 saturated heterocycles. The van der Waals surface area contributed by atoms with Gasteiger partial charge in [-0.3, -0.25) is 19.1 Å². The van der Waals surface area contributed by atoms with Gasteiger partial charge in [-0.25, -0.2) is 9.37 Å². The smallest absolute Gasteiger partial charge is 0.272 e. The summed E-state index contributed by atoms with van der Waals surface area (Å²) < 4.78 is 15.1. The van der Waals surface area contributed by atoms with Crippen LogP contribution in [0.1, 0.15) is 23.3 Å². The topological polar surface area (TPSA) is 70.5 Å². The summed E-state index contributed by atoms with van der Waals surface area (Å²) in [5, 5.41) is 3.67. The van der Waals surface area contributed by atoms with Crippen LogP contribution in [0.25, 0.3) is 5.69 Å². The fourth-order valence-corrected chi connectivity index (χ4v) is 3.99. The maximum absolute atomic E-state index is 13.3. The van der Waals surface area contributed by atoms with Crippen molar-refractivity contribution < 1.29 is 14.0 Å². The van der Waals surface area contributed by atoms with Crippen molar-refractivity contribution in [3.8, 4) is 5.69 Å². The number of aromatic nitrogens is 2. The molecule has 1 aliphatic heterocycles. The third kappa shape index (κ3) is 4.62. The molecule has 154 valence electrons. The number of piperazine rings is 1. The fourth-order valence-electron chi connectivity index (χ4n) is 3.44. The van der Waals surface area contributed by atoms with Crippen LogP contribution in [0.2, 0.25) is 0 Å². The van der Waals surface area contributed by atoms with Crippen LogP contribution >= 0.6 is 11.8 Å². The number of thioether (sulfide) groups is 1. The monoisotopic (exact) mass is 417 g/mol. The first-order chi connectivity index (χ1) is 14.0. The van der Waals surface area contributed by atoms with Gasteiger partial charge in [0.1, 0.15) is 11.5 Å². The minimum absolute atomic E-state index is 0.0614. The number of nitrogens with zero attached hydrogens (tertiary/aromatic N) is 4. The summed E-state index contributed by atoms with van der Waals surface area (Å²) in [4.78, 5) is 33.4. The quantitative estimate of drug-likeness (QED) is 0.726. The predicted octanol–water partition coefficient (Wildman–Crippen LogP) is 1.77. The van der Waals surface area contributed by atoms with Crippen molar-refractivity contribution in [2.24, 2.45) is 0 Å². The summed E-state index contributed by atoms with van der Waals surface area (Å²) in [5.74, 6) is -0.371. The summed E-state index contributed by atoms with van der Waals surface area (Å²) in [6.07, 6.45) is 5.62. The molecule has 0 atom stereocenters. The van der Waals surface area contributed by atoms with E-state index in [4.69, 9.17) is 0 Å². The predicted molar refractivity (Wildman–Crippen MR) is 109 cm³/mol. The number of benzene rings is 1. The fraction of sp³-hybridized carbons (Fsp3) is 0.450. The number of carbonyl (C=O) groups excluding carboxylic acids is 2. The van der Waals surface area contributed by atoms with Crippen LogP contribution in [-0.2, 0) is 4.79 Å².